The van der Waals surface area contributed by atoms with E-state index in [0.717, 1.165) is 5.92 Å². The maximum atomic E-state index is 6.24. The first-order valence-electron chi connectivity index (χ1n) is 6.88. The molecule has 0 heterocycles. The third-order valence-corrected chi connectivity index (χ3v) is 4.29. The topological polar surface area (TPSA) is 0 Å². The molecule has 1 aliphatic carbocycles. The molecule has 0 spiro atoms. The van der Waals surface area contributed by atoms with Crippen LogP contribution in [-0.4, -0.2) is 5.38 Å². The van der Waals surface area contributed by atoms with E-state index < -0.39 is 0 Å². The second kappa shape index (κ2) is 5.91. The highest BCUT2D eigenvalue weighted by Gasteiger charge is 2.20. The number of alkyl halides is 1. The average Bonchev–Trinajstić information content (AvgIpc) is 2.29. The molecular formula is C16H23Cl. The molecule has 2 unspecified atom stereocenters. The van der Waals surface area contributed by atoms with Crippen molar-refractivity contribution < 1.29 is 0 Å². The Labute approximate surface area is 110 Å². The van der Waals surface area contributed by atoms with E-state index in [1.807, 2.05) is 0 Å². The lowest BCUT2D eigenvalue weighted by Gasteiger charge is -2.25. The zero-order chi connectivity index (χ0) is 12.3. The van der Waals surface area contributed by atoms with E-state index in [1.165, 1.54) is 43.2 Å². The highest BCUT2D eigenvalue weighted by molar-refractivity contribution is 6.20. The highest BCUT2D eigenvalue weighted by Crippen LogP contribution is 2.30. The molecule has 0 aliphatic heterocycles. The van der Waals surface area contributed by atoms with Gasteiger partial charge in [-0.15, -0.1) is 11.6 Å². The molecule has 0 saturated heterocycles. The molecule has 1 fully saturated rings. The number of halogens is 1. The number of benzene rings is 1. The summed E-state index contributed by atoms with van der Waals surface area (Å²) in [5.41, 5.74) is 2.91. The minimum absolute atomic E-state index is 0.420. The maximum absolute atomic E-state index is 6.24. The van der Waals surface area contributed by atoms with E-state index in [9.17, 15) is 0 Å². The molecule has 0 aromatic heterocycles. The molecule has 0 radical (unpaired) electrons. The minimum Gasteiger partial charge on any atom is -0.123 e. The Balaban J connectivity index is 1.94. The maximum Gasteiger partial charge on any atom is 0.0338 e. The van der Waals surface area contributed by atoms with Crippen molar-refractivity contribution in [3.8, 4) is 0 Å². The summed E-state index contributed by atoms with van der Waals surface area (Å²) in [6.07, 6.45) is 6.29. The van der Waals surface area contributed by atoms with Crippen LogP contribution in [0, 0.1) is 5.92 Å². The second-order valence-electron chi connectivity index (χ2n) is 5.73. The largest absolute Gasteiger partial charge is 0.123 e. The summed E-state index contributed by atoms with van der Waals surface area (Å²) in [7, 11) is 0. The first-order valence-corrected chi connectivity index (χ1v) is 7.31. The molecule has 2 atom stereocenters. The average molecular weight is 251 g/mol. The van der Waals surface area contributed by atoms with Crippen LogP contribution in [0.4, 0.5) is 0 Å². The molecule has 0 nitrogen and oxygen atoms in total. The van der Waals surface area contributed by atoms with Gasteiger partial charge in [-0.25, -0.2) is 0 Å². The predicted molar refractivity (Wildman–Crippen MR) is 75.8 cm³/mol. The SMILES string of the molecule is CC(C)c1ccc(CC2CCCC(Cl)C2)cc1. The van der Waals surface area contributed by atoms with Gasteiger partial charge in [0.1, 0.15) is 0 Å². The molecule has 0 amide bonds. The van der Waals surface area contributed by atoms with Crippen molar-refractivity contribution in [3.63, 3.8) is 0 Å². The smallest absolute Gasteiger partial charge is 0.0338 e. The van der Waals surface area contributed by atoms with Crippen molar-refractivity contribution in [2.75, 3.05) is 0 Å². The first-order chi connectivity index (χ1) is 8.15. The molecular weight excluding hydrogens is 228 g/mol. The van der Waals surface area contributed by atoms with Gasteiger partial charge in [0.25, 0.3) is 0 Å². The summed E-state index contributed by atoms with van der Waals surface area (Å²) >= 11 is 6.24. The summed E-state index contributed by atoms with van der Waals surface area (Å²) in [6.45, 7) is 4.49. The summed E-state index contributed by atoms with van der Waals surface area (Å²) < 4.78 is 0. The number of rotatable bonds is 3. The highest BCUT2D eigenvalue weighted by atomic mass is 35.5. The Morgan fingerprint density at radius 1 is 1.18 bits per heavy atom. The standard InChI is InChI=1S/C16H23Cl/c1-12(2)15-8-6-13(7-9-15)10-14-4-3-5-16(17)11-14/h6-9,12,14,16H,3-5,10-11H2,1-2H3. The van der Waals surface area contributed by atoms with Crippen molar-refractivity contribution >= 4 is 11.6 Å². The Kier molecular flexibility index (Phi) is 4.50. The summed E-state index contributed by atoms with van der Waals surface area (Å²) in [4.78, 5) is 0. The van der Waals surface area contributed by atoms with Gasteiger partial charge in [0.05, 0.1) is 0 Å². The predicted octanol–water partition coefficient (Wildman–Crippen LogP) is 5.15. The Morgan fingerprint density at radius 3 is 2.47 bits per heavy atom. The van der Waals surface area contributed by atoms with E-state index in [-0.39, 0.29) is 0 Å². The van der Waals surface area contributed by atoms with Gasteiger partial charge in [0, 0.05) is 5.38 Å². The Hall–Kier alpha value is -0.490. The van der Waals surface area contributed by atoms with Crippen LogP contribution in [0.2, 0.25) is 0 Å². The summed E-state index contributed by atoms with van der Waals surface area (Å²) in [6, 6.07) is 9.16. The van der Waals surface area contributed by atoms with Gasteiger partial charge in [0.2, 0.25) is 0 Å². The Bertz CT molecular complexity index is 339. The van der Waals surface area contributed by atoms with Crippen LogP contribution in [0.5, 0.6) is 0 Å². The van der Waals surface area contributed by atoms with E-state index in [2.05, 4.69) is 38.1 Å². The quantitative estimate of drug-likeness (QED) is 0.651. The van der Waals surface area contributed by atoms with Gasteiger partial charge in [-0.05, 0) is 42.2 Å². The van der Waals surface area contributed by atoms with Crippen molar-refractivity contribution in [3.05, 3.63) is 35.4 Å². The number of hydrogen-bond donors (Lipinski definition) is 0. The van der Waals surface area contributed by atoms with Crippen LogP contribution in [0.15, 0.2) is 24.3 Å². The summed E-state index contributed by atoms with van der Waals surface area (Å²) in [5, 5.41) is 0.420. The third-order valence-electron chi connectivity index (χ3n) is 3.89. The van der Waals surface area contributed by atoms with E-state index in [1.54, 1.807) is 0 Å². The molecule has 1 saturated carbocycles. The molecule has 1 aromatic rings. The minimum atomic E-state index is 0.420. The van der Waals surface area contributed by atoms with Gasteiger partial charge < -0.3 is 0 Å². The van der Waals surface area contributed by atoms with E-state index >= 15 is 0 Å². The van der Waals surface area contributed by atoms with Crippen LogP contribution in [0.1, 0.15) is 56.6 Å². The molecule has 17 heavy (non-hydrogen) atoms. The monoisotopic (exact) mass is 250 g/mol. The lowest BCUT2D eigenvalue weighted by molar-refractivity contribution is 0.361. The summed E-state index contributed by atoms with van der Waals surface area (Å²) in [5.74, 6) is 1.43. The van der Waals surface area contributed by atoms with E-state index in [4.69, 9.17) is 11.6 Å². The van der Waals surface area contributed by atoms with Crippen LogP contribution in [0.25, 0.3) is 0 Å². The van der Waals surface area contributed by atoms with Crippen molar-refractivity contribution in [1.82, 2.24) is 0 Å². The van der Waals surface area contributed by atoms with Crippen LogP contribution in [-0.2, 0) is 6.42 Å². The van der Waals surface area contributed by atoms with Gasteiger partial charge in [-0.3, -0.25) is 0 Å². The molecule has 1 aromatic carbocycles. The van der Waals surface area contributed by atoms with Crippen LogP contribution >= 0.6 is 11.6 Å². The van der Waals surface area contributed by atoms with Crippen LogP contribution in [0.3, 0.4) is 0 Å². The number of hydrogen-bond acceptors (Lipinski definition) is 0. The fraction of sp³-hybridized carbons (Fsp3) is 0.625. The molecule has 2 rings (SSSR count). The molecule has 1 heteroatoms. The van der Waals surface area contributed by atoms with E-state index in [0.29, 0.717) is 11.3 Å². The zero-order valence-corrected chi connectivity index (χ0v) is 11.7. The molecule has 94 valence electrons. The third kappa shape index (κ3) is 3.74. The van der Waals surface area contributed by atoms with Crippen LogP contribution < -0.4 is 0 Å². The van der Waals surface area contributed by atoms with Gasteiger partial charge in [-0.1, -0.05) is 51.0 Å². The lowest BCUT2D eigenvalue weighted by Crippen LogP contribution is -2.17. The molecule has 0 bridgehead atoms. The van der Waals surface area contributed by atoms with Crippen molar-refractivity contribution in [1.29, 1.82) is 0 Å². The normalized spacial score (nSPS) is 25.2. The first kappa shape index (κ1) is 13.0. The zero-order valence-electron chi connectivity index (χ0n) is 11.0. The lowest BCUT2D eigenvalue weighted by atomic mass is 9.84. The van der Waals surface area contributed by atoms with Crippen molar-refractivity contribution in [2.45, 2.75) is 57.2 Å². The van der Waals surface area contributed by atoms with Gasteiger partial charge in [-0.2, -0.15) is 0 Å². The fourth-order valence-corrected chi connectivity index (χ4v) is 3.19. The Morgan fingerprint density at radius 2 is 1.88 bits per heavy atom. The second-order valence-corrected chi connectivity index (χ2v) is 6.35. The molecule has 0 N–H and O–H groups in total. The van der Waals surface area contributed by atoms with Gasteiger partial charge >= 0.3 is 0 Å². The fourth-order valence-electron chi connectivity index (χ4n) is 2.78. The van der Waals surface area contributed by atoms with Crippen molar-refractivity contribution in [2.24, 2.45) is 5.92 Å². The molecule has 1 aliphatic rings. The van der Waals surface area contributed by atoms with Gasteiger partial charge in [0.15, 0.2) is 0 Å².